The van der Waals surface area contributed by atoms with Gasteiger partial charge in [-0.3, -0.25) is 0 Å². The van der Waals surface area contributed by atoms with Crippen LogP contribution in [0.25, 0.3) is 6.08 Å². The maximum atomic E-state index is 8.88. The molecule has 0 bridgehead atoms. The molecule has 0 aliphatic rings. The second kappa shape index (κ2) is 9.10. The lowest BCUT2D eigenvalue weighted by Crippen LogP contribution is -1.92. The van der Waals surface area contributed by atoms with E-state index in [4.69, 9.17) is 24.0 Å². The summed E-state index contributed by atoms with van der Waals surface area (Å²) in [5, 5.41) is 0. The van der Waals surface area contributed by atoms with Gasteiger partial charge >= 0.3 is 7.82 Å². The largest absolute Gasteiger partial charge is 0.490 e. The van der Waals surface area contributed by atoms with Crippen LogP contribution in [0.15, 0.2) is 66.7 Å². The minimum Gasteiger partial charge on any atom is -0.490 e. The smallest absolute Gasteiger partial charge is 0.466 e. The molecule has 0 aliphatic carbocycles. The zero-order valence-corrected chi connectivity index (χ0v) is 12.1. The van der Waals surface area contributed by atoms with Crippen LogP contribution in [0.5, 0.6) is 5.75 Å². The van der Waals surface area contributed by atoms with Gasteiger partial charge in [-0.2, -0.15) is 0 Å². The van der Waals surface area contributed by atoms with Gasteiger partial charge in [0.25, 0.3) is 0 Å². The molecule has 0 heterocycles. The first-order valence-electron chi connectivity index (χ1n) is 6.13. The number of hydrogen-bond donors (Lipinski definition) is 3. The molecule has 0 aromatic heterocycles. The molecule has 112 valence electrons. The molecule has 0 spiro atoms. The van der Waals surface area contributed by atoms with Crippen LogP contribution in [0.4, 0.5) is 0 Å². The zero-order valence-electron chi connectivity index (χ0n) is 11.2. The summed E-state index contributed by atoms with van der Waals surface area (Å²) < 4.78 is 14.4. The van der Waals surface area contributed by atoms with Crippen molar-refractivity contribution in [3.63, 3.8) is 0 Å². The first kappa shape index (κ1) is 17.1. The Bertz CT molecular complexity index is 569. The Morgan fingerprint density at radius 1 is 0.905 bits per heavy atom. The van der Waals surface area contributed by atoms with Crippen molar-refractivity contribution in [1.29, 1.82) is 0 Å². The highest BCUT2D eigenvalue weighted by Crippen LogP contribution is 2.25. The maximum absolute atomic E-state index is 8.88. The molecule has 0 radical (unpaired) electrons. The summed E-state index contributed by atoms with van der Waals surface area (Å²) in [6.45, 7) is 0.596. The summed E-state index contributed by atoms with van der Waals surface area (Å²) in [7, 11) is -4.64. The van der Waals surface area contributed by atoms with Crippen molar-refractivity contribution in [2.24, 2.45) is 0 Å². The Hall–Kier alpha value is -1.91. The fourth-order valence-electron chi connectivity index (χ4n) is 1.41. The summed E-state index contributed by atoms with van der Waals surface area (Å²) in [5.74, 6) is 0.903. The van der Waals surface area contributed by atoms with Crippen molar-refractivity contribution in [2.75, 3.05) is 6.61 Å². The van der Waals surface area contributed by atoms with Gasteiger partial charge in [-0.05, 0) is 23.8 Å². The van der Waals surface area contributed by atoms with E-state index in [9.17, 15) is 0 Å². The minimum absolute atomic E-state index is 0.596. The van der Waals surface area contributed by atoms with Crippen molar-refractivity contribution < 1.29 is 24.0 Å². The molecule has 0 saturated carbocycles. The number of benzene rings is 2. The molecular weight excluding hydrogens is 291 g/mol. The fourth-order valence-corrected chi connectivity index (χ4v) is 1.41. The predicted molar refractivity (Wildman–Crippen MR) is 81.7 cm³/mol. The molecule has 0 atom stereocenters. The summed E-state index contributed by atoms with van der Waals surface area (Å²) >= 11 is 0. The standard InChI is InChI=1S/C15H14O.H3O4P/c1-3-8-14(9-4-1)10-7-13-16-15-11-5-2-6-12-15;1-5(2,3)4/h1-12H,13H2;(H3,1,2,3,4). The lowest BCUT2D eigenvalue weighted by Gasteiger charge is -2.01. The maximum Gasteiger partial charge on any atom is 0.466 e. The normalized spacial score (nSPS) is 10.8. The zero-order chi connectivity index (χ0) is 15.6. The molecule has 2 aromatic rings. The van der Waals surface area contributed by atoms with Gasteiger partial charge in [0.05, 0.1) is 0 Å². The Morgan fingerprint density at radius 3 is 1.90 bits per heavy atom. The first-order chi connectivity index (χ1) is 9.95. The molecule has 0 unspecified atom stereocenters. The third-order valence-electron chi connectivity index (χ3n) is 2.20. The van der Waals surface area contributed by atoms with E-state index in [-0.39, 0.29) is 0 Å². The molecule has 3 N–H and O–H groups in total. The van der Waals surface area contributed by atoms with Crippen molar-refractivity contribution >= 4 is 13.9 Å². The highest BCUT2D eigenvalue weighted by molar-refractivity contribution is 7.45. The van der Waals surface area contributed by atoms with E-state index in [1.165, 1.54) is 5.56 Å². The number of phosphoric acid groups is 1. The van der Waals surface area contributed by atoms with Gasteiger partial charge in [-0.15, -0.1) is 0 Å². The fraction of sp³-hybridized carbons (Fsp3) is 0.0667. The second-order valence-corrected chi connectivity index (χ2v) is 4.98. The Kier molecular flexibility index (Phi) is 7.43. The Balaban J connectivity index is 0.000000383. The third kappa shape index (κ3) is 10.5. The Labute approximate surface area is 123 Å². The van der Waals surface area contributed by atoms with E-state index in [0.717, 1.165) is 5.75 Å². The van der Waals surface area contributed by atoms with E-state index < -0.39 is 7.82 Å². The van der Waals surface area contributed by atoms with E-state index >= 15 is 0 Å². The molecule has 5 nitrogen and oxygen atoms in total. The molecule has 0 amide bonds. The third-order valence-corrected chi connectivity index (χ3v) is 2.20. The van der Waals surface area contributed by atoms with Crippen molar-refractivity contribution in [1.82, 2.24) is 0 Å². The molecule has 6 heteroatoms. The van der Waals surface area contributed by atoms with Crippen LogP contribution >= 0.6 is 7.82 Å². The molecule has 0 fully saturated rings. The molecule has 2 rings (SSSR count). The number of para-hydroxylation sites is 1. The topological polar surface area (TPSA) is 87.0 Å². The van der Waals surface area contributed by atoms with Gasteiger partial charge < -0.3 is 19.4 Å². The number of rotatable bonds is 4. The molecule has 0 aliphatic heterocycles. The monoisotopic (exact) mass is 308 g/mol. The van der Waals surface area contributed by atoms with Gasteiger partial charge in [-0.1, -0.05) is 54.6 Å². The van der Waals surface area contributed by atoms with Gasteiger partial charge in [0.1, 0.15) is 12.4 Å². The summed E-state index contributed by atoms with van der Waals surface area (Å²) in [6.07, 6.45) is 4.07. The first-order valence-corrected chi connectivity index (χ1v) is 7.69. The lowest BCUT2D eigenvalue weighted by atomic mass is 10.2. The van der Waals surface area contributed by atoms with Gasteiger partial charge in [-0.25, -0.2) is 4.57 Å². The molecule has 2 aromatic carbocycles. The van der Waals surface area contributed by atoms with Crippen molar-refractivity contribution in [3.8, 4) is 5.75 Å². The lowest BCUT2D eigenvalue weighted by molar-refractivity contribution is 0.275. The van der Waals surface area contributed by atoms with E-state index in [2.05, 4.69) is 18.2 Å². The highest BCUT2D eigenvalue weighted by Gasteiger charge is 2.00. The van der Waals surface area contributed by atoms with Crippen LogP contribution in [0.2, 0.25) is 0 Å². The quantitative estimate of drug-likeness (QED) is 0.756. The average Bonchev–Trinajstić information content (AvgIpc) is 2.44. The van der Waals surface area contributed by atoms with E-state index in [1.807, 2.05) is 54.6 Å². The summed E-state index contributed by atoms with van der Waals surface area (Å²) in [6, 6.07) is 20.0. The van der Waals surface area contributed by atoms with Crippen LogP contribution < -0.4 is 4.74 Å². The predicted octanol–water partition coefficient (Wildman–Crippen LogP) is 2.85. The van der Waals surface area contributed by atoms with Crippen LogP contribution in [-0.4, -0.2) is 21.3 Å². The highest BCUT2D eigenvalue weighted by atomic mass is 31.2. The molecular formula is C15H17O5P. The van der Waals surface area contributed by atoms with E-state index in [0.29, 0.717) is 6.61 Å². The van der Waals surface area contributed by atoms with Gasteiger partial charge in [0, 0.05) is 0 Å². The molecule has 0 saturated heterocycles. The average molecular weight is 308 g/mol. The van der Waals surface area contributed by atoms with Crippen LogP contribution in [0.3, 0.4) is 0 Å². The summed E-state index contributed by atoms with van der Waals surface area (Å²) in [5.41, 5.74) is 1.19. The van der Waals surface area contributed by atoms with Crippen molar-refractivity contribution in [3.05, 3.63) is 72.3 Å². The Morgan fingerprint density at radius 2 is 1.38 bits per heavy atom. The van der Waals surface area contributed by atoms with Crippen molar-refractivity contribution in [2.45, 2.75) is 0 Å². The van der Waals surface area contributed by atoms with Crippen LogP contribution in [-0.2, 0) is 4.57 Å². The van der Waals surface area contributed by atoms with Gasteiger partial charge in [0.2, 0.25) is 0 Å². The SMILES string of the molecule is C(=Cc1ccccc1)COc1ccccc1.O=P(O)(O)O. The summed E-state index contributed by atoms with van der Waals surface area (Å²) in [4.78, 5) is 21.6. The molecule has 21 heavy (non-hydrogen) atoms. The van der Waals surface area contributed by atoms with Crippen LogP contribution in [0, 0.1) is 0 Å². The minimum atomic E-state index is -4.64. The van der Waals surface area contributed by atoms with Gasteiger partial charge in [0.15, 0.2) is 0 Å². The number of hydrogen-bond acceptors (Lipinski definition) is 2. The van der Waals surface area contributed by atoms with E-state index in [1.54, 1.807) is 0 Å². The second-order valence-electron chi connectivity index (χ2n) is 3.95. The number of ether oxygens (including phenoxy) is 1. The van der Waals surface area contributed by atoms with Crippen LogP contribution in [0.1, 0.15) is 5.56 Å².